The number of rotatable bonds is 9. The molecule has 1 N–H and O–H groups in total. The summed E-state index contributed by atoms with van der Waals surface area (Å²) in [6.07, 6.45) is 2.23. The molecule has 2 unspecified atom stereocenters. The van der Waals surface area contributed by atoms with E-state index in [4.69, 9.17) is 9.47 Å². The summed E-state index contributed by atoms with van der Waals surface area (Å²) in [5.74, 6) is 2.28. The lowest BCUT2D eigenvalue weighted by atomic mass is 9.95. The van der Waals surface area contributed by atoms with Gasteiger partial charge in [-0.1, -0.05) is 32.4 Å². The van der Waals surface area contributed by atoms with Crippen LogP contribution in [0.15, 0.2) is 24.3 Å². The second kappa shape index (κ2) is 8.81. The Kier molecular flexibility index (Phi) is 7.34. The number of ether oxygens (including phenoxy) is 2. The van der Waals surface area contributed by atoms with Crippen molar-refractivity contribution in [3.05, 3.63) is 24.3 Å². The molecule has 0 aliphatic carbocycles. The molecule has 0 heterocycles. The van der Waals surface area contributed by atoms with Gasteiger partial charge in [-0.2, -0.15) is 0 Å². The van der Waals surface area contributed by atoms with Gasteiger partial charge in [0.15, 0.2) is 11.5 Å². The fraction of sp³-hybridized carbons (Fsp3) is 0.625. The van der Waals surface area contributed by atoms with E-state index in [0.717, 1.165) is 31.1 Å². The zero-order chi connectivity index (χ0) is 14.1. The molecule has 0 aliphatic heterocycles. The first-order chi connectivity index (χ1) is 9.22. The fourth-order valence-electron chi connectivity index (χ4n) is 2.35. The Hall–Kier alpha value is -1.22. The molecule has 0 saturated carbocycles. The predicted octanol–water partition coefficient (Wildman–Crippen LogP) is 3.49. The molecule has 0 aliphatic rings. The Balaban J connectivity index is 2.43. The van der Waals surface area contributed by atoms with Crippen LogP contribution in [0.4, 0.5) is 0 Å². The van der Waals surface area contributed by atoms with Gasteiger partial charge in [-0.25, -0.2) is 0 Å². The topological polar surface area (TPSA) is 30.5 Å². The standard InChI is InChI=1S/C16H27NO2/c1-5-14(13(3)17-6-2)11-12-19-16-10-8-7-9-15(16)18-4/h7-10,13-14,17H,5-6,11-12H2,1-4H3. The van der Waals surface area contributed by atoms with E-state index in [1.165, 1.54) is 6.42 Å². The smallest absolute Gasteiger partial charge is 0.161 e. The Bertz CT molecular complexity index is 354. The van der Waals surface area contributed by atoms with Crippen molar-refractivity contribution in [2.45, 2.75) is 39.7 Å². The fourth-order valence-corrected chi connectivity index (χ4v) is 2.35. The van der Waals surface area contributed by atoms with Gasteiger partial charge in [-0.3, -0.25) is 0 Å². The maximum absolute atomic E-state index is 5.84. The molecule has 0 fully saturated rings. The predicted molar refractivity (Wildman–Crippen MR) is 80.0 cm³/mol. The van der Waals surface area contributed by atoms with Crippen molar-refractivity contribution in [1.82, 2.24) is 5.32 Å². The van der Waals surface area contributed by atoms with E-state index < -0.39 is 0 Å². The Morgan fingerprint density at radius 3 is 2.42 bits per heavy atom. The summed E-state index contributed by atoms with van der Waals surface area (Å²) in [7, 11) is 1.67. The number of benzene rings is 1. The van der Waals surface area contributed by atoms with Crippen LogP contribution in [0.1, 0.15) is 33.6 Å². The summed E-state index contributed by atoms with van der Waals surface area (Å²) in [5, 5.41) is 3.49. The molecule has 0 bridgehead atoms. The zero-order valence-electron chi connectivity index (χ0n) is 12.6. The average molecular weight is 265 g/mol. The lowest BCUT2D eigenvalue weighted by molar-refractivity contribution is 0.240. The molecule has 3 nitrogen and oxygen atoms in total. The molecule has 1 aromatic rings. The Morgan fingerprint density at radius 1 is 1.16 bits per heavy atom. The third-order valence-electron chi connectivity index (χ3n) is 3.57. The van der Waals surface area contributed by atoms with E-state index in [1.807, 2.05) is 24.3 Å². The molecule has 1 aromatic carbocycles. The first kappa shape index (κ1) is 15.8. The van der Waals surface area contributed by atoms with E-state index in [0.29, 0.717) is 12.0 Å². The van der Waals surface area contributed by atoms with Crippen molar-refractivity contribution >= 4 is 0 Å². The van der Waals surface area contributed by atoms with E-state index in [2.05, 4.69) is 26.1 Å². The minimum absolute atomic E-state index is 0.538. The molecule has 2 atom stereocenters. The zero-order valence-corrected chi connectivity index (χ0v) is 12.6. The van der Waals surface area contributed by atoms with Gasteiger partial charge in [0.25, 0.3) is 0 Å². The van der Waals surface area contributed by atoms with Gasteiger partial charge in [0.1, 0.15) is 0 Å². The summed E-state index contributed by atoms with van der Waals surface area (Å²) in [6, 6.07) is 8.34. The van der Waals surface area contributed by atoms with Gasteiger partial charge in [0.2, 0.25) is 0 Å². The van der Waals surface area contributed by atoms with Crippen molar-refractivity contribution < 1.29 is 9.47 Å². The highest BCUT2D eigenvalue weighted by molar-refractivity contribution is 5.39. The van der Waals surface area contributed by atoms with Crippen molar-refractivity contribution in [2.24, 2.45) is 5.92 Å². The number of methoxy groups -OCH3 is 1. The molecular weight excluding hydrogens is 238 g/mol. The maximum Gasteiger partial charge on any atom is 0.161 e. The molecule has 0 aromatic heterocycles. The van der Waals surface area contributed by atoms with Gasteiger partial charge < -0.3 is 14.8 Å². The van der Waals surface area contributed by atoms with E-state index in [1.54, 1.807) is 7.11 Å². The van der Waals surface area contributed by atoms with Gasteiger partial charge >= 0.3 is 0 Å². The van der Waals surface area contributed by atoms with Crippen LogP contribution >= 0.6 is 0 Å². The highest BCUT2D eigenvalue weighted by Crippen LogP contribution is 2.26. The van der Waals surface area contributed by atoms with Gasteiger partial charge in [0.05, 0.1) is 13.7 Å². The van der Waals surface area contributed by atoms with Gasteiger partial charge in [0, 0.05) is 6.04 Å². The molecule has 0 spiro atoms. The van der Waals surface area contributed by atoms with E-state index in [9.17, 15) is 0 Å². The van der Waals surface area contributed by atoms with Gasteiger partial charge in [-0.15, -0.1) is 0 Å². The minimum atomic E-state index is 0.538. The lowest BCUT2D eigenvalue weighted by Crippen LogP contribution is -2.33. The molecule has 3 heteroatoms. The summed E-state index contributed by atoms with van der Waals surface area (Å²) in [6.45, 7) is 8.39. The third kappa shape index (κ3) is 5.11. The SMILES string of the molecule is CCNC(C)C(CC)CCOc1ccccc1OC. The molecular formula is C16H27NO2. The first-order valence-electron chi connectivity index (χ1n) is 7.22. The second-order valence-electron chi connectivity index (χ2n) is 4.80. The number of para-hydroxylation sites is 2. The van der Waals surface area contributed by atoms with Crippen LogP contribution in [0.25, 0.3) is 0 Å². The average Bonchev–Trinajstić information content (AvgIpc) is 2.44. The second-order valence-corrected chi connectivity index (χ2v) is 4.80. The van der Waals surface area contributed by atoms with Crippen LogP contribution in [0, 0.1) is 5.92 Å². The van der Waals surface area contributed by atoms with Gasteiger partial charge in [-0.05, 0) is 37.9 Å². The van der Waals surface area contributed by atoms with Crippen molar-refractivity contribution in [2.75, 3.05) is 20.3 Å². The minimum Gasteiger partial charge on any atom is -0.493 e. The quantitative estimate of drug-likeness (QED) is 0.741. The van der Waals surface area contributed by atoms with Crippen LogP contribution in [0.5, 0.6) is 11.5 Å². The number of hydrogen-bond donors (Lipinski definition) is 1. The van der Waals surface area contributed by atoms with Crippen LogP contribution in [0.2, 0.25) is 0 Å². The lowest BCUT2D eigenvalue weighted by Gasteiger charge is -2.23. The molecule has 1 rings (SSSR count). The van der Waals surface area contributed by atoms with Crippen LogP contribution in [0.3, 0.4) is 0 Å². The maximum atomic E-state index is 5.84. The molecule has 108 valence electrons. The molecule has 0 saturated heterocycles. The van der Waals surface area contributed by atoms with Crippen LogP contribution < -0.4 is 14.8 Å². The van der Waals surface area contributed by atoms with Crippen LogP contribution in [-0.2, 0) is 0 Å². The van der Waals surface area contributed by atoms with Crippen LogP contribution in [-0.4, -0.2) is 26.3 Å². The Morgan fingerprint density at radius 2 is 1.84 bits per heavy atom. The molecule has 19 heavy (non-hydrogen) atoms. The summed E-state index contributed by atoms with van der Waals surface area (Å²) in [4.78, 5) is 0. The normalized spacial score (nSPS) is 13.9. The summed E-state index contributed by atoms with van der Waals surface area (Å²) >= 11 is 0. The highest BCUT2D eigenvalue weighted by atomic mass is 16.5. The largest absolute Gasteiger partial charge is 0.493 e. The summed E-state index contributed by atoms with van der Waals surface area (Å²) in [5.41, 5.74) is 0. The van der Waals surface area contributed by atoms with Crippen molar-refractivity contribution in [1.29, 1.82) is 0 Å². The first-order valence-corrected chi connectivity index (χ1v) is 7.22. The third-order valence-corrected chi connectivity index (χ3v) is 3.57. The van der Waals surface area contributed by atoms with Crippen molar-refractivity contribution in [3.8, 4) is 11.5 Å². The monoisotopic (exact) mass is 265 g/mol. The molecule has 0 radical (unpaired) electrons. The molecule has 0 amide bonds. The number of nitrogens with one attached hydrogen (secondary N) is 1. The van der Waals surface area contributed by atoms with E-state index >= 15 is 0 Å². The highest BCUT2D eigenvalue weighted by Gasteiger charge is 2.14. The van der Waals surface area contributed by atoms with Crippen molar-refractivity contribution in [3.63, 3.8) is 0 Å². The van der Waals surface area contributed by atoms with E-state index in [-0.39, 0.29) is 0 Å². The number of hydrogen-bond acceptors (Lipinski definition) is 3. The summed E-state index contributed by atoms with van der Waals surface area (Å²) < 4.78 is 11.1. The Labute approximate surface area is 117 Å².